The van der Waals surface area contributed by atoms with Gasteiger partial charge in [-0.3, -0.25) is 4.79 Å². The first-order valence-electron chi connectivity index (χ1n) is 4.86. The van der Waals surface area contributed by atoms with Crippen LogP contribution in [0.25, 0.3) is 0 Å². The highest BCUT2D eigenvalue weighted by molar-refractivity contribution is 9.10. The van der Waals surface area contributed by atoms with Gasteiger partial charge in [0.05, 0.1) is 16.4 Å². The van der Waals surface area contributed by atoms with E-state index >= 15 is 0 Å². The summed E-state index contributed by atoms with van der Waals surface area (Å²) >= 11 is 3.39. The van der Waals surface area contributed by atoms with Crippen LogP contribution in [-0.2, 0) is 4.79 Å². The molecule has 0 aliphatic rings. The average Bonchev–Trinajstić information content (AvgIpc) is 2.28. The van der Waals surface area contributed by atoms with Gasteiger partial charge in [-0.1, -0.05) is 0 Å². The van der Waals surface area contributed by atoms with Crippen LogP contribution in [0, 0.1) is 6.92 Å². The smallest absolute Gasteiger partial charge is 0.241 e. The van der Waals surface area contributed by atoms with Crippen LogP contribution in [-0.4, -0.2) is 24.0 Å². The predicted molar refractivity (Wildman–Crippen MR) is 68.2 cm³/mol. The largest absolute Gasteiger partial charge is 0.397 e. The van der Waals surface area contributed by atoms with E-state index in [2.05, 4.69) is 31.5 Å². The third kappa shape index (κ3) is 2.63. The second kappa shape index (κ2) is 5.16. The van der Waals surface area contributed by atoms with Gasteiger partial charge >= 0.3 is 0 Å². The molecule has 0 aliphatic carbocycles. The van der Waals surface area contributed by atoms with Crippen molar-refractivity contribution in [1.29, 1.82) is 0 Å². The van der Waals surface area contributed by atoms with Crippen LogP contribution in [0.2, 0.25) is 0 Å². The third-order valence-electron chi connectivity index (χ3n) is 2.30. The van der Waals surface area contributed by atoms with Crippen molar-refractivity contribution in [3.05, 3.63) is 16.2 Å². The molecule has 0 bridgehead atoms. The fourth-order valence-electron chi connectivity index (χ4n) is 1.18. The highest BCUT2D eigenvalue weighted by Gasteiger charge is 2.14. The van der Waals surface area contributed by atoms with Crippen LogP contribution in [0.5, 0.6) is 0 Å². The highest BCUT2D eigenvalue weighted by Crippen LogP contribution is 2.27. The Bertz CT molecular complexity index is 408. The molecule has 1 atom stereocenters. The van der Waals surface area contributed by atoms with E-state index in [0.717, 1.165) is 10.0 Å². The lowest BCUT2D eigenvalue weighted by atomic mass is 10.2. The molecule has 0 aliphatic heterocycles. The standard InChI is InChI=1S/C10H15BrN4O/c1-5-7(12)4-14-9(8(5)11)15-6(2)10(16)13-3/h4,6H,12H2,1-3H3,(H,13,16)(H,14,15). The van der Waals surface area contributed by atoms with Crippen molar-refractivity contribution in [1.82, 2.24) is 10.3 Å². The summed E-state index contributed by atoms with van der Waals surface area (Å²) in [6.45, 7) is 3.65. The van der Waals surface area contributed by atoms with Gasteiger partial charge in [0.15, 0.2) is 0 Å². The Labute approximate surface area is 103 Å². The molecular weight excluding hydrogens is 272 g/mol. The number of carbonyl (C=O) groups excluding carboxylic acids is 1. The first-order chi connectivity index (χ1) is 7.47. The number of nitrogens with one attached hydrogen (secondary N) is 2. The number of pyridine rings is 1. The molecule has 88 valence electrons. The highest BCUT2D eigenvalue weighted by atomic mass is 79.9. The number of hydrogen-bond acceptors (Lipinski definition) is 4. The molecule has 1 unspecified atom stereocenters. The monoisotopic (exact) mass is 286 g/mol. The van der Waals surface area contributed by atoms with Gasteiger partial charge < -0.3 is 16.4 Å². The van der Waals surface area contributed by atoms with Crippen molar-refractivity contribution < 1.29 is 4.79 Å². The minimum Gasteiger partial charge on any atom is -0.397 e. The van der Waals surface area contributed by atoms with Crippen LogP contribution >= 0.6 is 15.9 Å². The zero-order valence-electron chi connectivity index (χ0n) is 9.47. The quantitative estimate of drug-likeness (QED) is 0.782. The van der Waals surface area contributed by atoms with E-state index in [1.807, 2.05) is 6.92 Å². The number of rotatable bonds is 3. The molecule has 1 heterocycles. The summed E-state index contributed by atoms with van der Waals surface area (Å²) in [6, 6.07) is -0.350. The number of nitrogens with zero attached hydrogens (tertiary/aromatic N) is 1. The number of carbonyl (C=O) groups is 1. The Hall–Kier alpha value is -1.30. The van der Waals surface area contributed by atoms with Gasteiger partial charge in [0.25, 0.3) is 0 Å². The molecule has 0 saturated carbocycles. The molecule has 0 fully saturated rings. The Balaban J connectivity index is 2.90. The SMILES string of the molecule is CNC(=O)C(C)Nc1ncc(N)c(C)c1Br. The second-order valence-electron chi connectivity index (χ2n) is 3.48. The number of aromatic nitrogens is 1. The van der Waals surface area contributed by atoms with Gasteiger partial charge in [-0.25, -0.2) is 4.98 Å². The molecule has 1 aromatic rings. The Morgan fingerprint density at radius 3 is 2.81 bits per heavy atom. The maximum Gasteiger partial charge on any atom is 0.241 e. The summed E-state index contributed by atoms with van der Waals surface area (Å²) in [5.41, 5.74) is 7.23. The predicted octanol–water partition coefficient (Wildman–Crippen LogP) is 1.28. The lowest BCUT2D eigenvalue weighted by Gasteiger charge is -2.15. The number of nitrogens with two attached hydrogens (primary N) is 1. The van der Waals surface area contributed by atoms with E-state index in [0.29, 0.717) is 11.5 Å². The normalized spacial score (nSPS) is 12.0. The first-order valence-corrected chi connectivity index (χ1v) is 5.65. The Morgan fingerprint density at radius 2 is 2.25 bits per heavy atom. The number of anilines is 2. The second-order valence-corrected chi connectivity index (χ2v) is 4.27. The summed E-state index contributed by atoms with van der Waals surface area (Å²) in [4.78, 5) is 15.5. The van der Waals surface area contributed by atoms with Crippen LogP contribution in [0.4, 0.5) is 11.5 Å². The molecule has 0 spiro atoms. The Morgan fingerprint density at radius 1 is 1.62 bits per heavy atom. The molecule has 1 amide bonds. The van der Waals surface area contributed by atoms with Gasteiger partial charge in [0, 0.05) is 7.05 Å². The maximum atomic E-state index is 11.3. The van der Waals surface area contributed by atoms with Crippen molar-refractivity contribution in [3.8, 4) is 0 Å². The van der Waals surface area contributed by atoms with Gasteiger partial charge in [0.1, 0.15) is 11.9 Å². The maximum absolute atomic E-state index is 11.3. The van der Waals surface area contributed by atoms with Gasteiger partial charge in [-0.05, 0) is 35.3 Å². The first kappa shape index (κ1) is 12.8. The molecule has 0 radical (unpaired) electrons. The molecule has 5 nitrogen and oxygen atoms in total. The molecular formula is C10H15BrN4O. The van der Waals surface area contributed by atoms with Crippen molar-refractivity contribution in [2.75, 3.05) is 18.1 Å². The van der Waals surface area contributed by atoms with E-state index in [1.165, 1.54) is 0 Å². The van der Waals surface area contributed by atoms with Gasteiger partial charge in [0.2, 0.25) is 5.91 Å². The molecule has 0 saturated heterocycles. The topological polar surface area (TPSA) is 80.0 Å². The van der Waals surface area contributed by atoms with Crippen molar-refractivity contribution in [2.24, 2.45) is 0 Å². The summed E-state index contributed by atoms with van der Waals surface area (Å²) in [7, 11) is 1.59. The molecule has 4 N–H and O–H groups in total. The number of nitrogen functional groups attached to an aromatic ring is 1. The van der Waals surface area contributed by atoms with Gasteiger partial charge in [-0.2, -0.15) is 0 Å². The summed E-state index contributed by atoms with van der Waals surface area (Å²) in [5.74, 6) is 0.519. The molecule has 16 heavy (non-hydrogen) atoms. The minimum atomic E-state index is -0.350. The van der Waals surface area contributed by atoms with E-state index in [1.54, 1.807) is 20.2 Å². The molecule has 6 heteroatoms. The van der Waals surface area contributed by atoms with Crippen molar-refractivity contribution in [2.45, 2.75) is 19.9 Å². The number of likely N-dealkylation sites (N-methyl/N-ethyl adjacent to an activating group) is 1. The average molecular weight is 287 g/mol. The van der Waals surface area contributed by atoms with Crippen molar-refractivity contribution >= 4 is 33.3 Å². The summed E-state index contributed by atoms with van der Waals surface area (Å²) in [6.07, 6.45) is 1.57. The van der Waals surface area contributed by atoms with Crippen LogP contribution < -0.4 is 16.4 Å². The zero-order chi connectivity index (χ0) is 12.3. The number of amides is 1. The van der Waals surface area contributed by atoms with Crippen molar-refractivity contribution in [3.63, 3.8) is 0 Å². The fourth-order valence-corrected chi connectivity index (χ4v) is 1.63. The number of halogens is 1. The van der Waals surface area contributed by atoms with E-state index in [9.17, 15) is 4.79 Å². The van der Waals surface area contributed by atoms with Crippen LogP contribution in [0.15, 0.2) is 10.7 Å². The van der Waals surface area contributed by atoms with E-state index in [-0.39, 0.29) is 11.9 Å². The number of hydrogen-bond donors (Lipinski definition) is 3. The fraction of sp³-hybridized carbons (Fsp3) is 0.400. The van der Waals surface area contributed by atoms with Gasteiger partial charge in [-0.15, -0.1) is 0 Å². The minimum absolute atomic E-state index is 0.0943. The lowest BCUT2D eigenvalue weighted by Crippen LogP contribution is -2.35. The molecule has 1 rings (SSSR count). The lowest BCUT2D eigenvalue weighted by molar-refractivity contribution is -0.121. The molecule has 1 aromatic heterocycles. The van der Waals surface area contributed by atoms with Crippen LogP contribution in [0.1, 0.15) is 12.5 Å². The Kier molecular flexibility index (Phi) is 4.12. The van der Waals surface area contributed by atoms with Crippen LogP contribution in [0.3, 0.4) is 0 Å². The molecule has 0 aromatic carbocycles. The summed E-state index contributed by atoms with van der Waals surface area (Å²) in [5, 5.41) is 5.56. The summed E-state index contributed by atoms with van der Waals surface area (Å²) < 4.78 is 0.781. The zero-order valence-corrected chi connectivity index (χ0v) is 11.1. The third-order valence-corrected chi connectivity index (χ3v) is 3.27. The van der Waals surface area contributed by atoms with E-state index in [4.69, 9.17) is 5.73 Å². The van der Waals surface area contributed by atoms with E-state index < -0.39 is 0 Å².